The van der Waals surface area contributed by atoms with Gasteiger partial charge in [0.2, 0.25) is 0 Å². The van der Waals surface area contributed by atoms with Gasteiger partial charge in [0.1, 0.15) is 0 Å². The Morgan fingerprint density at radius 1 is 1.13 bits per heavy atom. The number of aromatic nitrogens is 1. The summed E-state index contributed by atoms with van der Waals surface area (Å²) >= 11 is 0.109. The van der Waals surface area contributed by atoms with Crippen molar-refractivity contribution in [3.05, 3.63) is 10.6 Å². The Bertz CT molecular complexity index is 585. The number of carbonyl (C=O) groups excluding carboxylic acids is 1. The van der Waals surface area contributed by atoms with E-state index in [2.05, 4.69) is 9.88 Å². The molecular weight excluding hydrogens is 355 g/mol. The first-order chi connectivity index (χ1) is 11.2. The maximum absolute atomic E-state index is 13.4. The van der Waals surface area contributed by atoms with E-state index < -0.39 is 0 Å². The van der Waals surface area contributed by atoms with E-state index in [-0.39, 0.29) is 19.9 Å². The van der Waals surface area contributed by atoms with Crippen molar-refractivity contribution in [2.75, 3.05) is 31.2 Å². The van der Waals surface area contributed by atoms with Gasteiger partial charge in [0, 0.05) is 0 Å². The average molecular weight is 379 g/mol. The monoisotopic (exact) mass is 380 g/mol. The van der Waals surface area contributed by atoms with Crippen LogP contribution in [0.1, 0.15) is 47.8 Å². The maximum atomic E-state index is 13.4. The first-order valence-corrected chi connectivity index (χ1v) is 10.8. The zero-order valence-electron chi connectivity index (χ0n) is 13.5. The molecule has 1 aromatic rings. The van der Waals surface area contributed by atoms with Gasteiger partial charge in [-0.25, -0.2) is 0 Å². The van der Waals surface area contributed by atoms with Crippen molar-refractivity contribution in [3.63, 3.8) is 0 Å². The molecule has 5 heteroatoms. The molecule has 23 heavy (non-hydrogen) atoms. The summed E-state index contributed by atoms with van der Waals surface area (Å²) in [6.07, 6.45) is 9.59. The van der Waals surface area contributed by atoms with E-state index in [4.69, 9.17) is 4.74 Å². The molecular formula is C18H24N2O2Se. The third-order valence-corrected chi connectivity index (χ3v) is 8.74. The molecule has 4 aliphatic carbocycles. The number of carbonyl (C=O) groups is 1. The predicted octanol–water partition coefficient (Wildman–Crippen LogP) is 2.37. The second-order valence-electron chi connectivity index (χ2n) is 8.13. The molecule has 0 N–H and O–H groups in total. The molecule has 4 saturated carbocycles. The van der Waals surface area contributed by atoms with Crippen LogP contribution in [-0.4, -0.2) is 51.6 Å². The van der Waals surface area contributed by atoms with E-state index in [0.717, 1.165) is 53.2 Å². The number of morpholine rings is 1. The molecule has 4 bridgehead atoms. The van der Waals surface area contributed by atoms with Crippen LogP contribution >= 0.6 is 0 Å². The van der Waals surface area contributed by atoms with Crippen LogP contribution in [0.3, 0.4) is 0 Å². The van der Waals surface area contributed by atoms with Crippen molar-refractivity contribution in [3.8, 4) is 0 Å². The fourth-order valence-corrected chi connectivity index (χ4v) is 8.08. The summed E-state index contributed by atoms with van der Waals surface area (Å²) in [5.74, 6) is 2.97. The summed E-state index contributed by atoms with van der Waals surface area (Å²) in [6, 6.07) is 0. The summed E-state index contributed by atoms with van der Waals surface area (Å²) in [6.45, 7) is 3.42. The average Bonchev–Trinajstić information content (AvgIpc) is 3.03. The number of anilines is 1. The topological polar surface area (TPSA) is 42.4 Å². The SMILES string of the molecule is O=C(c1cnc(N2CCOCC2)[se]1)C12CC3CC(CC(C3)C1)C2. The van der Waals surface area contributed by atoms with Crippen molar-refractivity contribution in [2.24, 2.45) is 23.2 Å². The van der Waals surface area contributed by atoms with Gasteiger partial charge < -0.3 is 0 Å². The molecule has 5 aliphatic rings. The molecule has 1 aromatic heterocycles. The number of ether oxygens (including phenoxy) is 1. The van der Waals surface area contributed by atoms with Gasteiger partial charge in [-0.3, -0.25) is 0 Å². The Morgan fingerprint density at radius 2 is 1.74 bits per heavy atom. The fraction of sp³-hybridized carbons (Fsp3) is 0.778. The van der Waals surface area contributed by atoms with Crippen LogP contribution in [0.2, 0.25) is 0 Å². The summed E-state index contributed by atoms with van der Waals surface area (Å²) in [5, 5.41) is 0. The van der Waals surface area contributed by atoms with Crippen molar-refractivity contribution in [1.29, 1.82) is 0 Å². The molecule has 1 aliphatic heterocycles. The van der Waals surface area contributed by atoms with Gasteiger partial charge >= 0.3 is 143 Å². The zero-order valence-corrected chi connectivity index (χ0v) is 15.2. The zero-order chi connectivity index (χ0) is 15.4. The minimum absolute atomic E-state index is 0.00167. The Kier molecular flexibility index (Phi) is 3.47. The first-order valence-electron chi connectivity index (χ1n) is 9.05. The van der Waals surface area contributed by atoms with Gasteiger partial charge in [-0.2, -0.15) is 0 Å². The van der Waals surface area contributed by atoms with Crippen LogP contribution in [0.25, 0.3) is 0 Å². The standard InChI is InChI=1S/C18H24N2O2Se/c21-16(15-11-19-17(23-15)20-1-3-22-4-2-20)18-8-12-5-13(9-18)7-14(6-12)10-18/h11-14H,1-10H2. The van der Waals surface area contributed by atoms with Gasteiger partial charge in [0.05, 0.1) is 0 Å². The molecule has 0 aromatic carbocycles. The van der Waals surface area contributed by atoms with Crippen LogP contribution in [0.4, 0.5) is 4.69 Å². The molecule has 0 atom stereocenters. The van der Waals surface area contributed by atoms with Crippen LogP contribution in [0, 0.1) is 23.2 Å². The van der Waals surface area contributed by atoms with Gasteiger partial charge in [0.15, 0.2) is 0 Å². The Morgan fingerprint density at radius 3 is 2.35 bits per heavy atom. The van der Waals surface area contributed by atoms with Crippen molar-refractivity contribution < 1.29 is 9.53 Å². The molecule has 0 amide bonds. The van der Waals surface area contributed by atoms with E-state index in [1.165, 1.54) is 38.5 Å². The number of nitrogens with zero attached hydrogens (tertiary/aromatic N) is 2. The van der Waals surface area contributed by atoms with E-state index in [1.54, 1.807) is 0 Å². The minimum atomic E-state index is -0.00167. The molecule has 5 fully saturated rings. The number of hydrogen-bond acceptors (Lipinski definition) is 4. The summed E-state index contributed by atoms with van der Waals surface area (Å²) < 4.78 is 7.61. The Labute approximate surface area is 143 Å². The third kappa shape index (κ3) is 2.43. The second kappa shape index (κ2) is 5.44. The Hall–Kier alpha value is -0.641. The van der Waals surface area contributed by atoms with Crippen LogP contribution in [0.15, 0.2) is 6.20 Å². The van der Waals surface area contributed by atoms with Gasteiger partial charge in [0.25, 0.3) is 0 Å². The number of hydrogen-bond donors (Lipinski definition) is 0. The van der Waals surface area contributed by atoms with Crippen LogP contribution in [0.5, 0.6) is 0 Å². The molecule has 4 nitrogen and oxygen atoms in total. The molecule has 0 radical (unpaired) electrons. The van der Waals surface area contributed by atoms with Crippen molar-refractivity contribution >= 4 is 25.0 Å². The van der Waals surface area contributed by atoms with Crippen molar-refractivity contribution in [1.82, 2.24) is 4.98 Å². The predicted molar refractivity (Wildman–Crippen MR) is 89.1 cm³/mol. The van der Waals surface area contributed by atoms with Crippen molar-refractivity contribution in [2.45, 2.75) is 38.5 Å². The van der Waals surface area contributed by atoms with Gasteiger partial charge in [-0.15, -0.1) is 0 Å². The van der Waals surface area contributed by atoms with E-state index >= 15 is 0 Å². The summed E-state index contributed by atoms with van der Waals surface area (Å²) in [5.41, 5.74) is -0.00167. The number of rotatable bonds is 3. The molecule has 0 spiro atoms. The molecule has 6 rings (SSSR count). The fourth-order valence-electron chi connectivity index (χ4n) is 5.92. The van der Waals surface area contributed by atoms with Crippen LogP contribution in [-0.2, 0) is 4.74 Å². The van der Waals surface area contributed by atoms with E-state index in [9.17, 15) is 4.79 Å². The van der Waals surface area contributed by atoms with Gasteiger partial charge in [-0.05, 0) is 0 Å². The van der Waals surface area contributed by atoms with Gasteiger partial charge in [-0.1, -0.05) is 0 Å². The van der Waals surface area contributed by atoms with Crippen LogP contribution < -0.4 is 4.90 Å². The molecule has 2 heterocycles. The molecule has 124 valence electrons. The third-order valence-electron chi connectivity index (χ3n) is 6.52. The quantitative estimate of drug-likeness (QED) is 0.598. The Balaban J connectivity index is 1.39. The summed E-state index contributed by atoms with van der Waals surface area (Å²) in [7, 11) is 0. The number of Topliss-reactive ketones (excluding diaryl/α,β-unsaturated/α-hetero) is 1. The molecule has 0 unspecified atom stereocenters. The summed E-state index contributed by atoms with van der Waals surface area (Å²) in [4.78, 5) is 20.3. The van der Waals surface area contributed by atoms with E-state index in [0.29, 0.717) is 5.78 Å². The van der Waals surface area contributed by atoms with E-state index in [1.807, 2.05) is 6.20 Å². The normalized spacial score (nSPS) is 39.0. The number of ketones is 1. The second-order valence-corrected chi connectivity index (χ2v) is 10.3. The molecule has 1 saturated heterocycles. The first kappa shape index (κ1) is 14.7.